The number of aryl methyl sites for hydroxylation is 1. The van der Waals surface area contributed by atoms with Crippen LogP contribution in [0.15, 0.2) is 46.7 Å². The summed E-state index contributed by atoms with van der Waals surface area (Å²) < 4.78 is 41.2. The minimum atomic E-state index is -4.71. The Morgan fingerprint density at radius 2 is 1.96 bits per heavy atom. The van der Waals surface area contributed by atoms with Crippen LogP contribution in [0.5, 0.6) is 0 Å². The van der Waals surface area contributed by atoms with Crippen molar-refractivity contribution in [1.29, 1.82) is 0 Å². The minimum Gasteiger partial charge on any atom is -0.336 e. The monoisotopic (exact) mass is 367 g/mol. The summed E-state index contributed by atoms with van der Waals surface area (Å²) in [6.07, 6.45) is -3.70. The second-order valence-corrected chi connectivity index (χ2v) is 6.17. The first-order chi connectivity index (χ1) is 11.8. The summed E-state index contributed by atoms with van der Waals surface area (Å²) in [4.78, 5) is 29.1. The van der Waals surface area contributed by atoms with E-state index in [4.69, 9.17) is 0 Å². The number of rotatable bonds is 3. The van der Waals surface area contributed by atoms with Crippen molar-refractivity contribution in [2.45, 2.75) is 19.1 Å². The Labute approximate surface area is 143 Å². The Morgan fingerprint density at radius 1 is 1.28 bits per heavy atom. The number of amides is 1. The van der Waals surface area contributed by atoms with E-state index in [0.717, 1.165) is 6.20 Å². The number of fused-ring (bicyclic) bond motifs is 1. The first kappa shape index (κ1) is 17.2. The molecular weight excluding hydrogens is 355 g/mol. The molecule has 1 aromatic carbocycles. The molecule has 1 amide bonds. The normalized spacial score (nSPS) is 13.0. The third-order valence-corrected chi connectivity index (χ3v) is 4.55. The zero-order chi connectivity index (χ0) is 18.2. The molecule has 9 heteroatoms. The van der Waals surface area contributed by atoms with Gasteiger partial charge in [-0.05, 0) is 12.5 Å². The van der Waals surface area contributed by atoms with Crippen LogP contribution in [-0.2, 0) is 0 Å². The molecule has 3 aromatic rings. The van der Waals surface area contributed by atoms with Crippen molar-refractivity contribution in [2.24, 2.45) is 0 Å². The summed E-state index contributed by atoms with van der Waals surface area (Å²) in [7, 11) is 0. The lowest BCUT2D eigenvalue weighted by molar-refractivity contribution is -0.155. The van der Waals surface area contributed by atoms with Gasteiger partial charge in [0.1, 0.15) is 5.56 Å². The van der Waals surface area contributed by atoms with E-state index in [1.165, 1.54) is 40.0 Å². The molecular formula is C16H12F3N3O2S. The number of benzene rings is 1. The van der Waals surface area contributed by atoms with Crippen molar-refractivity contribution in [2.75, 3.05) is 0 Å². The van der Waals surface area contributed by atoms with Crippen LogP contribution in [0.2, 0.25) is 0 Å². The van der Waals surface area contributed by atoms with Crippen molar-refractivity contribution >= 4 is 22.2 Å². The van der Waals surface area contributed by atoms with E-state index in [2.05, 4.69) is 4.98 Å². The van der Waals surface area contributed by atoms with Gasteiger partial charge in [-0.1, -0.05) is 30.3 Å². The summed E-state index contributed by atoms with van der Waals surface area (Å²) in [6.45, 7) is 1.65. The van der Waals surface area contributed by atoms with Gasteiger partial charge in [-0.2, -0.15) is 13.2 Å². The number of nitrogens with zero attached hydrogens (tertiary/aromatic N) is 2. The summed E-state index contributed by atoms with van der Waals surface area (Å²) in [5.41, 5.74) is -0.703. The van der Waals surface area contributed by atoms with E-state index in [0.29, 0.717) is 10.7 Å². The van der Waals surface area contributed by atoms with E-state index < -0.39 is 29.2 Å². The SMILES string of the molecule is Cc1csc2ncc(C(=O)NC(c3ccccc3)C(F)(F)F)c(=O)n12. The Kier molecular flexibility index (Phi) is 4.34. The van der Waals surface area contributed by atoms with Crippen LogP contribution < -0.4 is 10.9 Å². The molecule has 1 atom stereocenters. The highest BCUT2D eigenvalue weighted by atomic mass is 32.1. The standard InChI is InChI=1S/C16H12F3N3O2S/c1-9-8-25-15-20-7-11(14(24)22(9)15)13(23)21-12(16(17,18)19)10-5-3-2-4-6-10/h2-8,12H,1H3,(H,21,23). The quantitative estimate of drug-likeness (QED) is 0.774. The highest BCUT2D eigenvalue weighted by molar-refractivity contribution is 7.15. The molecule has 2 heterocycles. The second-order valence-electron chi connectivity index (χ2n) is 5.33. The average molecular weight is 367 g/mol. The van der Waals surface area contributed by atoms with E-state index in [1.54, 1.807) is 18.4 Å². The molecule has 25 heavy (non-hydrogen) atoms. The predicted molar refractivity (Wildman–Crippen MR) is 86.8 cm³/mol. The van der Waals surface area contributed by atoms with Gasteiger partial charge in [-0.3, -0.25) is 14.0 Å². The van der Waals surface area contributed by atoms with Gasteiger partial charge in [0, 0.05) is 17.3 Å². The molecule has 1 N–H and O–H groups in total. The van der Waals surface area contributed by atoms with E-state index >= 15 is 0 Å². The van der Waals surface area contributed by atoms with Crippen LogP contribution in [0.25, 0.3) is 4.96 Å². The molecule has 1 unspecified atom stereocenters. The van der Waals surface area contributed by atoms with E-state index in [1.807, 2.05) is 5.32 Å². The van der Waals surface area contributed by atoms with Crippen molar-refractivity contribution in [3.8, 4) is 0 Å². The first-order valence-corrected chi connectivity index (χ1v) is 8.05. The molecule has 0 saturated carbocycles. The molecule has 0 aliphatic carbocycles. The zero-order valence-electron chi connectivity index (χ0n) is 12.9. The predicted octanol–water partition coefficient (Wildman–Crippen LogP) is 3.10. The highest BCUT2D eigenvalue weighted by Gasteiger charge is 2.42. The summed E-state index contributed by atoms with van der Waals surface area (Å²) >= 11 is 1.20. The van der Waals surface area contributed by atoms with Crippen molar-refractivity contribution < 1.29 is 18.0 Å². The number of halogens is 3. The number of carbonyl (C=O) groups is 1. The van der Waals surface area contributed by atoms with Crippen LogP contribution >= 0.6 is 11.3 Å². The number of hydrogen-bond acceptors (Lipinski definition) is 4. The minimum absolute atomic E-state index is 0.121. The number of nitrogens with one attached hydrogen (secondary N) is 1. The highest BCUT2D eigenvalue weighted by Crippen LogP contribution is 2.32. The average Bonchev–Trinajstić information content (AvgIpc) is 2.94. The fraction of sp³-hybridized carbons (Fsp3) is 0.188. The third kappa shape index (κ3) is 3.27. The smallest absolute Gasteiger partial charge is 0.336 e. The number of thiazole rings is 1. The largest absolute Gasteiger partial charge is 0.412 e. The summed E-state index contributed by atoms with van der Waals surface area (Å²) in [6, 6.07) is 4.76. The first-order valence-electron chi connectivity index (χ1n) is 7.17. The van der Waals surface area contributed by atoms with Crippen LogP contribution in [0.3, 0.4) is 0 Å². The molecule has 0 saturated heterocycles. The lowest BCUT2D eigenvalue weighted by Crippen LogP contribution is -2.40. The fourth-order valence-corrected chi connectivity index (χ4v) is 3.22. The number of carbonyl (C=O) groups excluding carboxylic acids is 1. The van der Waals surface area contributed by atoms with Crippen molar-refractivity contribution in [3.63, 3.8) is 0 Å². The van der Waals surface area contributed by atoms with Gasteiger partial charge in [-0.25, -0.2) is 4.98 Å². The molecule has 0 radical (unpaired) electrons. The molecule has 0 aliphatic heterocycles. The van der Waals surface area contributed by atoms with Gasteiger partial charge in [0.15, 0.2) is 11.0 Å². The molecule has 0 aliphatic rings. The molecule has 0 bridgehead atoms. The maximum Gasteiger partial charge on any atom is 0.412 e. The van der Waals surface area contributed by atoms with E-state index in [-0.39, 0.29) is 5.56 Å². The topological polar surface area (TPSA) is 63.5 Å². The van der Waals surface area contributed by atoms with Gasteiger partial charge in [0.05, 0.1) is 0 Å². The Balaban J connectivity index is 1.99. The number of hydrogen-bond donors (Lipinski definition) is 1. The Hall–Kier alpha value is -2.68. The van der Waals surface area contributed by atoms with Crippen LogP contribution in [0.1, 0.15) is 27.7 Å². The zero-order valence-corrected chi connectivity index (χ0v) is 13.7. The maximum absolute atomic E-state index is 13.3. The van der Waals surface area contributed by atoms with Crippen LogP contribution in [-0.4, -0.2) is 21.5 Å². The molecule has 2 aromatic heterocycles. The molecule has 130 valence electrons. The summed E-state index contributed by atoms with van der Waals surface area (Å²) in [5.74, 6) is -1.12. The second kappa shape index (κ2) is 6.32. The van der Waals surface area contributed by atoms with Gasteiger partial charge >= 0.3 is 6.18 Å². The van der Waals surface area contributed by atoms with Gasteiger partial charge < -0.3 is 5.32 Å². The number of alkyl halides is 3. The lowest BCUT2D eigenvalue weighted by atomic mass is 10.1. The fourth-order valence-electron chi connectivity index (χ4n) is 2.39. The van der Waals surface area contributed by atoms with Crippen LogP contribution in [0.4, 0.5) is 13.2 Å². The Morgan fingerprint density at radius 3 is 2.60 bits per heavy atom. The maximum atomic E-state index is 13.3. The molecule has 0 fully saturated rings. The van der Waals surface area contributed by atoms with Gasteiger partial charge in [0.2, 0.25) is 0 Å². The molecule has 5 nitrogen and oxygen atoms in total. The van der Waals surface area contributed by atoms with Gasteiger partial charge in [0.25, 0.3) is 11.5 Å². The summed E-state index contributed by atoms with van der Waals surface area (Å²) in [5, 5.41) is 3.57. The van der Waals surface area contributed by atoms with Gasteiger partial charge in [-0.15, -0.1) is 11.3 Å². The third-order valence-electron chi connectivity index (χ3n) is 3.60. The van der Waals surface area contributed by atoms with E-state index in [9.17, 15) is 22.8 Å². The lowest BCUT2D eigenvalue weighted by Gasteiger charge is -2.21. The Bertz CT molecular complexity index is 980. The molecule has 3 rings (SSSR count). The number of aromatic nitrogens is 2. The molecule has 0 spiro atoms. The van der Waals surface area contributed by atoms with Crippen LogP contribution in [0, 0.1) is 6.92 Å². The van der Waals surface area contributed by atoms with Crippen molar-refractivity contribution in [1.82, 2.24) is 14.7 Å². The van der Waals surface area contributed by atoms with Crippen molar-refractivity contribution in [3.05, 3.63) is 69.1 Å².